The fraction of sp³-hybridized carbons (Fsp3) is 0. The van der Waals surface area contributed by atoms with Crippen LogP contribution in [0.25, 0.3) is 111 Å². The van der Waals surface area contributed by atoms with Gasteiger partial charge in [-0.3, -0.25) is 0 Å². The van der Waals surface area contributed by atoms with Gasteiger partial charge in [-0.05, 0) is 52.6 Å². The topological polar surface area (TPSA) is 48.5 Å². The van der Waals surface area contributed by atoms with Crippen LogP contribution >= 0.6 is 0 Å². The molecule has 0 atom stereocenters. The molecule has 0 radical (unpaired) electrons. The minimum atomic E-state index is 0.624. The highest BCUT2D eigenvalue weighted by molar-refractivity contribution is 6.25. The monoisotopic (exact) mass is 739 g/mol. The molecule has 0 saturated heterocycles. The standard InChI is InChI=1S/C53H33N5/c1-3-17-35(18-4-1)51-54-52(36-19-5-2-6-20-36)56-53(55-51)38-22-15-23-39(32-38)57-44-28-13-12-27-43(44)49-47(57)33-37-21-8-10-25-41(37)50(49)58-45-29-14-11-26-42(45)48-40-24-9-7-16-34(40)30-31-46(48)58/h1-33H. The fourth-order valence-electron chi connectivity index (χ4n) is 8.98. The maximum atomic E-state index is 5.08. The predicted octanol–water partition coefficient (Wildman–Crippen LogP) is 13.4. The van der Waals surface area contributed by atoms with Crippen LogP contribution < -0.4 is 0 Å². The van der Waals surface area contributed by atoms with Crippen molar-refractivity contribution in [3.8, 4) is 45.5 Å². The summed E-state index contributed by atoms with van der Waals surface area (Å²) >= 11 is 0. The van der Waals surface area contributed by atoms with Gasteiger partial charge in [-0.15, -0.1) is 0 Å². The molecule has 0 spiro atoms. The third-order valence-electron chi connectivity index (χ3n) is 11.5. The van der Waals surface area contributed by atoms with Crippen molar-refractivity contribution in [2.45, 2.75) is 0 Å². The summed E-state index contributed by atoms with van der Waals surface area (Å²) in [6.07, 6.45) is 0. The van der Waals surface area contributed by atoms with Crippen molar-refractivity contribution >= 4 is 65.2 Å². The highest BCUT2D eigenvalue weighted by Gasteiger charge is 2.23. The number of rotatable bonds is 5. The number of aromatic nitrogens is 5. The highest BCUT2D eigenvalue weighted by Crippen LogP contribution is 2.45. The zero-order valence-corrected chi connectivity index (χ0v) is 31.3. The number of hydrogen-bond donors (Lipinski definition) is 0. The lowest BCUT2D eigenvalue weighted by Crippen LogP contribution is -2.01. The summed E-state index contributed by atoms with van der Waals surface area (Å²) in [6.45, 7) is 0. The summed E-state index contributed by atoms with van der Waals surface area (Å²) in [5.41, 5.74) is 9.64. The van der Waals surface area contributed by atoms with Crippen LogP contribution in [0.3, 0.4) is 0 Å². The summed E-state index contributed by atoms with van der Waals surface area (Å²) in [5, 5.41) is 9.78. The molecule has 3 heterocycles. The molecule has 3 aromatic heterocycles. The molecule has 5 heteroatoms. The zero-order chi connectivity index (χ0) is 38.2. The molecule has 270 valence electrons. The van der Waals surface area contributed by atoms with E-state index in [0.717, 1.165) is 33.4 Å². The molecule has 5 nitrogen and oxygen atoms in total. The second kappa shape index (κ2) is 12.8. The van der Waals surface area contributed by atoms with Crippen LogP contribution in [0.5, 0.6) is 0 Å². The summed E-state index contributed by atoms with van der Waals surface area (Å²) in [7, 11) is 0. The summed E-state index contributed by atoms with van der Waals surface area (Å²) < 4.78 is 4.92. The first-order valence-corrected chi connectivity index (χ1v) is 19.6. The van der Waals surface area contributed by atoms with Gasteiger partial charge in [0.05, 0.1) is 27.8 Å². The first-order chi connectivity index (χ1) is 28.8. The Labute approximate surface area is 333 Å². The number of hydrogen-bond acceptors (Lipinski definition) is 3. The molecule has 0 aliphatic heterocycles. The first kappa shape index (κ1) is 32.4. The normalized spacial score (nSPS) is 11.8. The van der Waals surface area contributed by atoms with E-state index < -0.39 is 0 Å². The third-order valence-corrected chi connectivity index (χ3v) is 11.5. The molecule has 58 heavy (non-hydrogen) atoms. The van der Waals surface area contributed by atoms with E-state index in [9.17, 15) is 0 Å². The van der Waals surface area contributed by atoms with Crippen molar-refractivity contribution in [2.75, 3.05) is 0 Å². The lowest BCUT2D eigenvalue weighted by molar-refractivity contribution is 1.07. The van der Waals surface area contributed by atoms with Crippen LogP contribution in [0.1, 0.15) is 0 Å². The number of nitrogens with zero attached hydrogens (tertiary/aromatic N) is 5. The molecular formula is C53H33N5. The predicted molar refractivity (Wildman–Crippen MR) is 240 cm³/mol. The maximum Gasteiger partial charge on any atom is 0.164 e. The lowest BCUT2D eigenvalue weighted by atomic mass is 10.0. The van der Waals surface area contributed by atoms with Crippen LogP contribution in [0, 0.1) is 0 Å². The minimum absolute atomic E-state index is 0.624. The van der Waals surface area contributed by atoms with Crippen LogP contribution in [0.15, 0.2) is 200 Å². The Morgan fingerprint density at radius 2 is 0.810 bits per heavy atom. The Morgan fingerprint density at radius 3 is 1.50 bits per heavy atom. The molecule has 0 saturated carbocycles. The molecule has 0 unspecified atom stereocenters. The van der Waals surface area contributed by atoms with E-state index in [1.165, 1.54) is 59.8 Å². The van der Waals surface area contributed by atoms with Crippen molar-refractivity contribution < 1.29 is 0 Å². The molecule has 12 rings (SSSR count). The van der Waals surface area contributed by atoms with E-state index in [4.69, 9.17) is 15.0 Å². The van der Waals surface area contributed by atoms with Gasteiger partial charge in [0.1, 0.15) is 0 Å². The third kappa shape index (κ3) is 4.93. The molecule has 0 aliphatic rings. The molecule has 0 N–H and O–H groups in total. The Morgan fingerprint density at radius 1 is 0.293 bits per heavy atom. The molecule has 12 aromatic rings. The molecule has 0 amide bonds. The SMILES string of the molecule is c1ccc(-c2nc(-c3ccccc3)nc(-c3cccc(-n4c5ccccc5c5c(-n6c7ccccc7c7c8ccccc8ccc76)c6ccccc6cc54)c3)n2)cc1. The van der Waals surface area contributed by atoms with Gasteiger partial charge >= 0.3 is 0 Å². The Balaban J connectivity index is 1.15. The highest BCUT2D eigenvalue weighted by atomic mass is 15.0. The van der Waals surface area contributed by atoms with Crippen molar-refractivity contribution in [1.82, 2.24) is 24.1 Å². The number of fused-ring (bicyclic) bond motifs is 9. The fourth-order valence-corrected chi connectivity index (χ4v) is 8.98. The van der Waals surface area contributed by atoms with Gasteiger partial charge in [0.2, 0.25) is 0 Å². The molecule has 0 bridgehead atoms. The lowest BCUT2D eigenvalue weighted by Gasteiger charge is -2.16. The second-order valence-electron chi connectivity index (χ2n) is 14.8. The average molecular weight is 740 g/mol. The Hall–Kier alpha value is -7.89. The minimum Gasteiger partial charge on any atom is -0.309 e. The average Bonchev–Trinajstić information content (AvgIpc) is 3.81. The van der Waals surface area contributed by atoms with Gasteiger partial charge in [-0.25, -0.2) is 15.0 Å². The maximum absolute atomic E-state index is 5.08. The quantitative estimate of drug-likeness (QED) is 0.177. The molecule has 0 fully saturated rings. The van der Waals surface area contributed by atoms with Crippen molar-refractivity contribution in [2.24, 2.45) is 0 Å². The van der Waals surface area contributed by atoms with Crippen LogP contribution in [-0.2, 0) is 0 Å². The Bertz CT molecular complexity index is 3510. The second-order valence-corrected chi connectivity index (χ2v) is 14.8. The van der Waals surface area contributed by atoms with Crippen molar-refractivity contribution in [1.29, 1.82) is 0 Å². The van der Waals surface area contributed by atoms with E-state index in [1.807, 2.05) is 60.7 Å². The van der Waals surface area contributed by atoms with Gasteiger partial charge in [0.25, 0.3) is 0 Å². The molecular weight excluding hydrogens is 707 g/mol. The molecule has 0 aliphatic carbocycles. The number of para-hydroxylation sites is 2. The van der Waals surface area contributed by atoms with Gasteiger partial charge in [0, 0.05) is 49.3 Å². The van der Waals surface area contributed by atoms with E-state index in [2.05, 4.69) is 149 Å². The van der Waals surface area contributed by atoms with E-state index in [-0.39, 0.29) is 0 Å². The molecule has 9 aromatic carbocycles. The van der Waals surface area contributed by atoms with E-state index in [0.29, 0.717) is 17.5 Å². The summed E-state index contributed by atoms with van der Waals surface area (Å²) in [4.78, 5) is 15.1. The van der Waals surface area contributed by atoms with Gasteiger partial charge in [-0.2, -0.15) is 0 Å². The van der Waals surface area contributed by atoms with E-state index in [1.54, 1.807) is 0 Å². The zero-order valence-electron chi connectivity index (χ0n) is 31.3. The summed E-state index contributed by atoms with van der Waals surface area (Å²) in [5.74, 6) is 1.91. The summed E-state index contributed by atoms with van der Waals surface area (Å²) in [6, 6.07) is 71.0. The number of benzene rings is 9. The Kier molecular flexibility index (Phi) is 7.16. The van der Waals surface area contributed by atoms with Gasteiger partial charge in [0.15, 0.2) is 17.5 Å². The van der Waals surface area contributed by atoms with E-state index >= 15 is 0 Å². The first-order valence-electron chi connectivity index (χ1n) is 19.6. The van der Waals surface area contributed by atoms with Crippen LogP contribution in [-0.4, -0.2) is 24.1 Å². The van der Waals surface area contributed by atoms with Crippen molar-refractivity contribution in [3.63, 3.8) is 0 Å². The largest absolute Gasteiger partial charge is 0.309 e. The van der Waals surface area contributed by atoms with Gasteiger partial charge in [-0.1, -0.05) is 164 Å². The smallest absolute Gasteiger partial charge is 0.164 e. The van der Waals surface area contributed by atoms with Crippen LogP contribution in [0.4, 0.5) is 0 Å². The van der Waals surface area contributed by atoms with Crippen molar-refractivity contribution in [3.05, 3.63) is 200 Å². The van der Waals surface area contributed by atoms with Crippen LogP contribution in [0.2, 0.25) is 0 Å². The van der Waals surface area contributed by atoms with Gasteiger partial charge < -0.3 is 9.13 Å².